The first kappa shape index (κ1) is 69.5. The number of nitrogens with one attached hydrogen (secondary N) is 4. The van der Waals surface area contributed by atoms with E-state index in [1.165, 1.54) is 51.9 Å². The van der Waals surface area contributed by atoms with E-state index >= 15 is 0 Å². The molecule has 0 aliphatic heterocycles. The van der Waals surface area contributed by atoms with E-state index < -0.39 is 121 Å². The number of hydrogen-bond acceptors (Lipinski definition) is 14. The molecule has 1 aromatic carbocycles. The summed E-state index contributed by atoms with van der Waals surface area (Å²) in [6, 6.07) is 2.54. The van der Waals surface area contributed by atoms with Crippen molar-refractivity contribution in [3.8, 4) is 0 Å². The highest BCUT2D eigenvalue weighted by atomic mass is 16.5. The number of aliphatic hydroxyl groups is 3. The van der Waals surface area contributed by atoms with E-state index in [-0.39, 0.29) is 63.1 Å². The maximum atomic E-state index is 14.4. The van der Waals surface area contributed by atoms with Crippen molar-refractivity contribution in [2.45, 2.75) is 193 Å². The molecule has 17 N–H and O–H groups in total. The summed E-state index contributed by atoms with van der Waals surface area (Å²) < 4.78 is 5.72. The molecule has 0 bridgehead atoms. The van der Waals surface area contributed by atoms with Crippen molar-refractivity contribution < 1.29 is 53.6 Å². The van der Waals surface area contributed by atoms with Gasteiger partial charge in [0.2, 0.25) is 23.6 Å². The molecule has 0 heterocycles. The van der Waals surface area contributed by atoms with Crippen LogP contribution in [0.3, 0.4) is 0 Å². The van der Waals surface area contributed by atoms with Crippen molar-refractivity contribution in [2.24, 2.45) is 62.3 Å². The SMILES string of the molecule is CCCCCCCCCCCCOCCC(N)C(=O)N[C@H](C(=O)N[C@H](C(=O)C[C@@H](Cc1ccccc1)C(=O)N[C@@H](CCCN=C(N)N)C(=O)C[C@@H](CO)C(=O)N[C@@H](CO)C(=O)C[C@H](C)CCCN=C(N)N)C(C)C)[C@@H](C)O. The molecule has 438 valence electrons. The number of carbonyl (C=O) groups excluding carboxylic acids is 7. The minimum atomic E-state index is -1.48. The highest BCUT2D eigenvalue weighted by Gasteiger charge is 2.36. The van der Waals surface area contributed by atoms with Crippen molar-refractivity contribution in [1.82, 2.24) is 21.3 Å². The molecule has 9 atom stereocenters. The maximum absolute atomic E-state index is 14.4. The fourth-order valence-electron chi connectivity index (χ4n) is 8.67. The van der Waals surface area contributed by atoms with Crippen LogP contribution in [-0.2, 0) is 44.7 Å². The number of carbonyl (C=O) groups is 7. The van der Waals surface area contributed by atoms with Gasteiger partial charge in [-0.15, -0.1) is 0 Å². The second kappa shape index (κ2) is 40.6. The molecule has 1 aromatic rings. The molecule has 0 aliphatic carbocycles. The second-order valence-electron chi connectivity index (χ2n) is 20.7. The predicted octanol–water partition coefficient (Wildman–Crippen LogP) is 1.70. The Kier molecular flexibility index (Phi) is 36.7. The summed E-state index contributed by atoms with van der Waals surface area (Å²) in [7, 11) is 0. The van der Waals surface area contributed by atoms with E-state index in [0.29, 0.717) is 31.6 Å². The van der Waals surface area contributed by atoms with Crippen LogP contribution >= 0.6 is 0 Å². The molecule has 0 saturated heterocycles. The monoisotopic (exact) mass is 1090 g/mol. The molecule has 1 unspecified atom stereocenters. The summed E-state index contributed by atoms with van der Waals surface area (Å²) in [6.45, 7) is 8.41. The fraction of sp³-hybridized carbons (Fsp3) is 0.727. The van der Waals surface area contributed by atoms with E-state index in [1.807, 2.05) is 6.92 Å². The molecule has 1 rings (SSSR count). The number of amides is 4. The van der Waals surface area contributed by atoms with Crippen LogP contribution in [-0.4, -0.2) is 144 Å². The highest BCUT2D eigenvalue weighted by Crippen LogP contribution is 2.20. The first-order valence-electron chi connectivity index (χ1n) is 27.8. The minimum Gasteiger partial charge on any atom is -0.396 e. The maximum Gasteiger partial charge on any atom is 0.245 e. The highest BCUT2D eigenvalue weighted by molar-refractivity contribution is 5.97. The first-order chi connectivity index (χ1) is 36.6. The number of rotatable bonds is 45. The number of benzene rings is 1. The molecule has 0 fully saturated rings. The van der Waals surface area contributed by atoms with Crippen LogP contribution in [0.1, 0.15) is 156 Å². The first-order valence-corrected chi connectivity index (χ1v) is 27.8. The minimum absolute atomic E-state index is 0.0147. The molecule has 0 radical (unpaired) electrons. The van der Waals surface area contributed by atoms with Gasteiger partial charge in [0.1, 0.15) is 12.1 Å². The Morgan fingerprint density at radius 1 is 0.558 bits per heavy atom. The Balaban J connectivity index is 3.16. The van der Waals surface area contributed by atoms with E-state index in [0.717, 1.165) is 19.3 Å². The Hall–Kier alpha value is -5.55. The Morgan fingerprint density at radius 3 is 1.62 bits per heavy atom. The lowest BCUT2D eigenvalue weighted by atomic mass is 9.87. The molecule has 22 heteroatoms. The van der Waals surface area contributed by atoms with E-state index in [1.54, 1.807) is 44.2 Å². The molecule has 4 amide bonds. The predicted molar refractivity (Wildman–Crippen MR) is 299 cm³/mol. The zero-order valence-electron chi connectivity index (χ0n) is 46.7. The summed E-state index contributed by atoms with van der Waals surface area (Å²) in [5.41, 5.74) is 28.6. The lowest BCUT2D eigenvalue weighted by Crippen LogP contribution is -2.59. The molecule has 0 aromatic heterocycles. The van der Waals surface area contributed by atoms with Crippen LogP contribution in [0.2, 0.25) is 0 Å². The van der Waals surface area contributed by atoms with Gasteiger partial charge >= 0.3 is 0 Å². The molecular formula is C55H97N11O11. The number of ketones is 3. The quantitative estimate of drug-likeness (QED) is 0.0251. The van der Waals surface area contributed by atoms with Gasteiger partial charge in [0.05, 0.1) is 43.4 Å². The average Bonchev–Trinajstić information content (AvgIpc) is 3.38. The second-order valence-corrected chi connectivity index (χ2v) is 20.7. The Bertz CT molecular complexity index is 1950. The van der Waals surface area contributed by atoms with Crippen LogP contribution in [0, 0.1) is 23.7 Å². The van der Waals surface area contributed by atoms with Gasteiger partial charge < -0.3 is 70.0 Å². The van der Waals surface area contributed by atoms with Gasteiger partial charge in [-0.1, -0.05) is 116 Å². The number of hydrogen-bond donors (Lipinski definition) is 12. The van der Waals surface area contributed by atoms with Crippen molar-refractivity contribution in [3.05, 3.63) is 35.9 Å². The number of nitrogens with zero attached hydrogens (tertiary/aromatic N) is 2. The van der Waals surface area contributed by atoms with Gasteiger partial charge in [-0.2, -0.15) is 0 Å². The van der Waals surface area contributed by atoms with Crippen LogP contribution < -0.4 is 49.9 Å². The van der Waals surface area contributed by atoms with Crippen molar-refractivity contribution >= 4 is 52.9 Å². The van der Waals surface area contributed by atoms with Crippen molar-refractivity contribution in [1.29, 1.82) is 0 Å². The molecule has 0 aliphatic rings. The summed E-state index contributed by atoms with van der Waals surface area (Å²) in [4.78, 5) is 104. The zero-order valence-corrected chi connectivity index (χ0v) is 46.7. The largest absolute Gasteiger partial charge is 0.396 e. The van der Waals surface area contributed by atoms with Gasteiger partial charge in [0.15, 0.2) is 29.3 Å². The summed E-state index contributed by atoms with van der Waals surface area (Å²) in [5, 5.41) is 41.5. The van der Waals surface area contributed by atoms with Gasteiger partial charge in [-0.3, -0.25) is 43.5 Å². The third-order valence-electron chi connectivity index (χ3n) is 13.3. The molecule has 0 spiro atoms. The molecule has 0 saturated carbocycles. The molecule has 22 nitrogen and oxygen atoms in total. The molecule has 77 heavy (non-hydrogen) atoms. The third kappa shape index (κ3) is 30.8. The topological polar surface area (TPSA) is 392 Å². The standard InChI is InChI=1S/C55H97N11O11/c1-6-7-8-9-10-11-12-13-14-18-28-77-29-25-42(56)52(75)66-49(38(5)69)53(76)65-48(36(2)3)47(72)32-40(31-39-22-16-15-17-23-39)50(73)63-43(24-20-27-62-55(59)60)46(71)33-41(34-67)51(74)64-44(35-68)45(70)30-37(4)21-19-26-61-54(57)58/h15-17,22-23,36-38,40-44,48-49,67-69H,6-14,18-21,24-35,56H2,1-5H3,(H,63,73)(H,64,74)(H,65,76)(H,66,75)(H4,57,58,61)(H4,59,60,62)/t37-,38-,40-,41+,42?,43+,44+,48+,49+/m1/s1. The van der Waals surface area contributed by atoms with E-state index in [4.69, 9.17) is 33.4 Å². The van der Waals surface area contributed by atoms with Gasteiger partial charge in [-0.05, 0) is 69.3 Å². The lowest BCUT2D eigenvalue weighted by molar-refractivity contribution is -0.137. The number of guanidine groups is 2. The Labute approximate surface area is 457 Å². The van der Waals surface area contributed by atoms with Gasteiger partial charge in [0.25, 0.3) is 0 Å². The third-order valence-corrected chi connectivity index (χ3v) is 13.3. The van der Waals surface area contributed by atoms with Crippen LogP contribution in [0.15, 0.2) is 40.3 Å². The summed E-state index contributed by atoms with van der Waals surface area (Å²) in [6.07, 6.45) is 11.2. The zero-order chi connectivity index (χ0) is 57.7. The normalized spacial score (nSPS) is 14.8. The summed E-state index contributed by atoms with van der Waals surface area (Å²) in [5.74, 6) is -8.13. The van der Waals surface area contributed by atoms with E-state index in [9.17, 15) is 48.9 Å². The van der Waals surface area contributed by atoms with Crippen LogP contribution in [0.5, 0.6) is 0 Å². The Morgan fingerprint density at radius 2 is 1.08 bits per heavy atom. The van der Waals surface area contributed by atoms with Gasteiger partial charge in [-0.25, -0.2) is 0 Å². The van der Waals surface area contributed by atoms with Gasteiger partial charge in [0, 0.05) is 51.5 Å². The fourth-order valence-corrected chi connectivity index (χ4v) is 8.67. The average molecular weight is 1090 g/mol. The van der Waals surface area contributed by atoms with Crippen LogP contribution in [0.4, 0.5) is 0 Å². The smallest absolute Gasteiger partial charge is 0.245 e. The number of Topliss-reactive ketones (excluding diaryl/α,β-unsaturated/α-hetero) is 3. The molecular weight excluding hydrogens is 991 g/mol. The van der Waals surface area contributed by atoms with Crippen molar-refractivity contribution in [2.75, 3.05) is 39.5 Å². The number of unbranched alkanes of at least 4 members (excludes halogenated alkanes) is 9. The van der Waals surface area contributed by atoms with Crippen LogP contribution in [0.25, 0.3) is 0 Å². The number of ether oxygens (including phenoxy) is 1. The number of aliphatic imine (C=N–C) groups is 2. The number of nitrogens with two attached hydrogens (primary N) is 5. The van der Waals surface area contributed by atoms with E-state index in [2.05, 4.69) is 38.2 Å². The number of aliphatic hydroxyl groups excluding tert-OH is 3. The summed E-state index contributed by atoms with van der Waals surface area (Å²) >= 11 is 0. The van der Waals surface area contributed by atoms with Crippen molar-refractivity contribution in [3.63, 3.8) is 0 Å². The lowest BCUT2D eigenvalue weighted by Gasteiger charge is -2.28.